The number of allylic oxidation sites excluding steroid dienone is 2. The molecule has 0 fully saturated rings. The summed E-state index contributed by atoms with van der Waals surface area (Å²) in [6.07, 6.45) is 2.73. The van der Waals surface area contributed by atoms with Gasteiger partial charge in [-0.1, -0.05) is 12.2 Å². The Bertz CT molecular complexity index is 675. The summed E-state index contributed by atoms with van der Waals surface area (Å²) in [5, 5.41) is 2.49. The number of hydrogen-bond acceptors (Lipinski definition) is 4. The third-order valence-corrected chi connectivity index (χ3v) is 2.68. The van der Waals surface area contributed by atoms with E-state index in [1.54, 1.807) is 6.92 Å². The molecular formula is C13H18N4O4. The van der Waals surface area contributed by atoms with E-state index in [1.807, 2.05) is 0 Å². The summed E-state index contributed by atoms with van der Waals surface area (Å²) >= 11 is 0. The van der Waals surface area contributed by atoms with Gasteiger partial charge in [0, 0.05) is 6.54 Å². The lowest BCUT2D eigenvalue weighted by Crippen LogP contribution is -2.55. The topological polar surface area (TPSA) is 95.1 Å². The molecule has 0 aromatic carbocycles. The van der Waals surface area contributed by atoms with Gasteiger partial charge >= 0.3 is 17.1 Å². The normalized spacial score (nSPS) is 10.1. The number of hydrogen-bond donors (Lipinski definition) is 1. The first-order valence-corrected chi connectivity index (χ1v) is 6.40. The Kier molecular flexibility index (Phi) is 5.65. The second-order valence-corrected chi connectivity index (χ2v) is 4.19. The molecule has 0 atom stereocenters. The van der Waals surface area contributed by atoms with Crippen molar-refractivity contribution in [2.24, 2.45) is 0 Å². The van der Waals surface area contributed by atoms with Crippen molar-refractivity contribution in [2.75, 3.05) is 6.54 Å². The minimum atomic E-state index is -0.837. The van der Waals surface area contributed by atoms with Gasteiger partial charge in [-0.25, -0.2) is 28.1 Å². The molecule has 0 radical (unpaired) electrons. The van der Waals surface area contributed by atoms with E-state index in [4.69, 9.17) is 0 Å². The number of likely N-dealkylation sites (N-methyl/N-ethyl adjacent to an activating group) is 1. The zero-order valence-electron chi connectivity index (χ0n) is 11.9. The molecule has 0 aliphatic rings. The molecule has 0 aliphatic heterocycles. The van der Waals surface area contributed by atoms with Gasteiger partial charge in [0.05, 0.1) is 13.1 Å². The molecular weight excluding hydrogens is 276 g/mol. The van der Waals surface area contributed by atoms with E-state index in [2.05, 4.69) is 18.5 Å². The van der Waals surface area contributed by atoms with E-state index in [1.165, 1.54) is 12.2 Å². The predicted molar refractivity (Wildman–Crippen MR) is 78.3 cm³/mol. The lowest BCUT2D eigenvalue weighted by Gasteiger charge is -2.11. The van der Waals surface area contributed by atoms with Crippen molar-refractivity contribution < 1.29 is 4.79 Å². The van der Waals surface area contributed by atoms with Crippen molar-refractivity contribution in [1.82, 2.24) is 19.0 Å². The summed E-state index contributed by atoms with van der Waals surface area (Å²) in [4.78, 5) is 48.0. The van der Waals surface area contributed by atoms with E-state index in [0.717, 1.165) is 13.7 Å². The molecule has 0 bridgehead atoms. The molecule has 1 N–H and O–H groups in total. The van der Waals surface area contributed by atoms with Gasteiger partial charge in [0.25, 0.3) is 0 Å². The Labute approximate surface area is 120 Å². The largest absolute Gasteiger partial charge is 0.355 e. The van der Waals surface area contributed by atoms with Crippen molar-refractivity contribution in [3.05, 3.63) is 56.8 Å². The molecule has 1 aromatic rings. The highest BCUT2D eigenvalue weighted by atomic mass is 16.2. The average molecular weight is 294 g/mol. The summed E-state index contributed by atoms with van der Waals surface area (Å²) < 4.78 is 2.41. The highest BCUT2D eigenvalue weighted by Crippen LogP contribution is 1.80. The van der Waals surface area contributed by atoms with Gasteiger partial charge in [-0.15, -0.1) is 13.2 Å². The van der Waals surface area contributed by atoms with Crippen LogP contribution in [0.25, 0.3) is 0 Å². The molecule has 21 heavy (non-hydrogen) atoms. The maximum absolute atomic E-state index is 12.2. The number of rotatable bonds is 7. The number of nitrogens with zero attached hydrogens (tertiary/aromatic N) is 3. The predicted octanol–water partition coefficient (Wildman–Crippen LogP) is -1.32. The monoisotopic (exact) mass is 294 g/mol. The van der Waals surface area contributed by atoms with E-state index < -0.39 is 29.5 Å². The maximum atomic E-state index is 12.2. The smallest absolute Gasteiger partial charge is 0.337 e. The van der Waals surface area contributed by atoms with Crippen LogP contribution in [0.4, 0.5) is 0 Å². The SMILES string of the molecule is C=CCn1c(=O)n(CC=C)c(=O)n(CC(=O)NCC)c1=O. The Hall–Kier alpha value is -2.64. The van der Waals surface area contributed by atoms with Crippen molar-refractivity contribution in [3.63, 3.8) is 0 Å². The van der Waals surface area contributed by atoms with Gasteiger partial charge < -0.3 is 5.32 Å². The Balaban J connectivity index is 3.55. The van der Waals surface area contributed by atoms with Crippen LogP contribution in [0.1, 0.15) is 6.92 Å². The lowest BCUT2D eigenvalue weighted by molar-refractivity contribution is -0.121. The molecule has 0 spiro atoms. The molecule has 8 heteroatoms. The summed E-state index contributed by atoms with van der Waals surface area (Å²) in [7, 11) is 0. The van der Waals surface area contributed by atoms with Gasteiger partial charge in [0.1, 0.15) is 6.54 Å². The first-order valence-electron chi connectivity index (χ1n) is 6.40. The Morgan fingerprint density at radius 1 is 1.00 bits per heavy atom. The molecule has 1 amide bonds. The van der Waals surface area contributed by atoms with Crippen LogP contribution in [-0.2, 0) is 24.4 Å². The summed E-state index contributed by atoms with van der Waals surface area (Å²) in [5.41, 5.74) is -2.43. The fraction of sp³-hybridized carbons (Fsp3) is 0.385. The molecule has 114 valence electrons. The average Bonchev–Trinajstić information content (AvgIpc) is 2.45. The zero-order valence-corrected chi connectivity index (χ0v) is 11.9. The first kappa shape index (κ1) is 16.4. The standard InChI is InChI=1S/C13H18N4O4/c1-4-7-15-11(19)16(8-5-2)13(21)17(12(15)20)9-10(18)14-6-3/h4-5H,1-2,6-9H2,3H3,(H,14,18). The molecule has 1 heterocycles. The summed E-state index contributed by atoms with van der Waals surface area (Å²) in [6.45, 7) is 8.47. The van der Waals surface area contributed by atoms with E-state index in [0.29, 0.717) is 6.54 Å². The van der Waals surface area contributed by atoms with Gasteiger partial charge in [0.2, 0.25) is 5.91 Å². The van der Waals surface area contributed by atoms with Gasteiger partial charge in [0.15, 0.2) is 0 Å². The quantitative estimate of drug-likeness (QED) is 0.631. The number of carbonyl (C=O) groups excluding carboxylic acids is 1. The fourth-order valence-electron chi connectivity index (χ4n) is 1.79. The van der Waals surface area contributed by atoms with E-state index in [-0.39, 0.29) is 13.1 Å². The van der Waals surface area contributed by atoms with Crippen LogP contribution in [0.2, 0.25) is 0 Å². The highest BCUT2D eigenvalue weighted by Gasteiger charge is 2.15. The van der Waals surface area contributed by atoms with E-state index >= 15 is 0 Å². The molecule has 0 saturated heterocycles. The molecule has 1 rings (SSSR count). The highest BCUT2D eigenvalue weighted by molar-refractivity contribution is 5.75. The Morgan fingerprint density at radius 3 is 1.81 bits per heavy atom. The minimum absolute atomic E-state index is 0.0511. The van der Waals surface area contributed by atoms with Crippen LogP contribution in [0, 0.1) is 0 Å². The second-order valence-electron chi connectivity index (χ2n) is 4.19. The van der Waals surface area contributed by atoms with Crippen LogP contribution in [0.3, 0.4) is 0 Å². The van der Waals surface area contributed by atoms with Crippen molar-refractivity contribution >= 4 is 5.91 Å². The molecule has 1 aromatic heterocycles. The van der Waals surface area contributed by atoms with Crippen LogP contribution in [-0.4, -0.2) is 26.2 Å². The van der Waals surface area contributed by atoms with E-state index in [9.17, 15) is 19.2 Å². The second kappa shape index (κ2) is 7.22. The number of nitrogens with one attached hydrogen (secondary N) is 1. The van der Waals surface area contributed by atoms with Crippen LogP contribution in [0.5, 0.6) is 0 Å². The van der Waals surface area contributed by atoms with Gasteiger partial charge in [-0.2, -0.15) is 0 Å². The molecule has 8 nitrogen and oxygen atoms in total. The Morgan fingerprint density at radius 2 is 1.43 bits per heavy atom. The minimum Gasteiger partial charge on any atom is -0.355 e. The van der Waals surface area contributed by atoms with Crippen LogP contribution in [0.15, 0.2) is 39.7 Å². The van der Waals surface area contributed by atoms with Crippen molar-refractivity contribution in [2.45, 2.75) is 26.6 Å². The molecule has 0 saturated carbocycles. The van der Waals surface area contributed by atoms with Gasteiger partial charge in [-0.05, 0) is 6.92 Å². The van der Waals surface area contributed by atoms with Crippen molar-refractivity contribution in [1.29, 1.82) is 0 Å². The first-order chi connectivity index (χ1) is 9.97. The fourth-order valence-corrected chi connectivity index (χ4v) is 1.79. The number of amides is 1. The number of carbonyl (C=O) groups is 1. The lowest BCUT2D eigenvalue weighted by atomic mass is 10.5. The zero-order chi connectivity index (χ0) is 16.0. The molecule has 0 aliphatic carbocycles. The maximum Gasteiger partial charge on any atom is 0.337 e. The van der Waals surface area contributed by atoms with Crippen molar-refractivity contribution in [3.8, 4) is 0 Å². The molecule has 0 unspecified atom stereocenters. The van der Waals surface area contributed by atoms with Crippen LogP contribution < -0.4 is 22.4 Å². The summed E-state index contributed by atoms with van der Waals surface area (Å²) in [5.74, 6) is -0.481. The third-order valence-electron chi connectivity index (χ3n) is 2.68. The number of aromatic nitrogens is 3. The third kappa shape index (κ3) is 3.47. The van der Waals surface area contributed by atoms with Gasteiger partial charge in [-0.3, -0.25) is 4.79 Å². The summed E-state index contributed by atoms with van der Waals surface area (Å²) in [6, 6.07) is 0. The van der Waals surface area contributed by atoms with Crippen LogP contribution >= 0.6 is 0 Å².